The normalized spacial score (nSPS) is 19.2. The fourth-order valence-corrected chi connectivity index (χ4v) is 7.40. The molecule has 0 aliphatic rings. The van der Waals surface area contributed by atoms with Gasteiger partial charge in [-0.2, -0.15) is 0 Å². The second-order valence-corrected chi connectivity index (χ2v) is 11.8. The van der Waals surface area contributed by atoms with Gasteiger partial charge in [0.25, 0.3) is 0 Å². The zero-order valence-electron chi connectivity index (χ0n) is 12.0. The lowest BCUT2D eigenvalue weighted by atomic mass is 10.3. The summed E-state index contributed by atoms with van der Waals surface area (Å²) in [5.41, 5.74) is 0. The minimum Gasteiger partial charge on any atom is -0.125 e. The highest BCUT2D eigenvalue weighted by Crippen LogP contribution is 3.10. The van der Waals surface area contributed by atoms with Crippen molar-refractivity contribution < 1.29 is 38.9 Å². The zero-order valence-corrected chi connectivity index (χ0v) is 15.2. The Morgan fingerprint density at radius 3 is 1.04 bits per heavy atom. The van der Waals surface area contributed by atoms with E-state index in [0.717, 1.165) is 0 Å². The van der Waals surface area contributed by atoms with Gasteiger partial charge >= 0.3 is 20.4 Å². The zero-order chi connectivity index (χ0) is 19.4. The van der Waals surface area contributed by atoms with Crippen LogP contribution in [0.5, 0.6) is 0 Å². The third-order valence-electron chi connectivity index (χ3n) is 2.41. The van der Waals surface area contributed by atoms with Crippen LogP contribution in [-0.2, 0) is 0 Å². The molecule has 0 heterocycles. The highest BCUT2D eigenvalue weighted by molar-refractivity contribution is 8.48. The van der Waals surface area contributed by atoms with E-state index in [9.17, 15) is 38.9 Å². The molecule has 0 aliphatic carbocycles. The Hall–Kier alpha value is -0.0800. The van der Waals surface area contributed by atoms with Gasteiger partial charge in [-0.15, -0.1) is 23.5 Å². The summed E-state index contributed by atoms with van der Waals surface area (Å²) in [6.07, 6.45) is 0. The molecule has 0 saturated heterocycles. The number of hydrogen-bond acceptors (Lipinski definition) is 2. The van der Waals surface area contributed by atoms with Crippen LogP contribution in [-0.4, -0.2) is 11.5 Å². The number of halogens is 10. The van der Waals surface area contributed by atoms with Crippen molar-refractivity contribution in [2.24, 2.45) is 0 Å². The molecule has 0 aliphatic heterocycles. The predicted molar refractivity (Wildman–Crippen MR) is 82.0 cm³/mol. The van der Waals surface area contributed by atoms with E-state index in [-0.39, 0.29) is 35.0 Å². The molecule has 0 bridgehead atoms. The molecule has 1 rings (SSSR count). The standard InChI is InChI=1S/C10H12F10S4/c1-3-21-7-5-6-8(22-4-2)10(24(16,17,18,19)20)9(7)23(11,12,13,14)15/h5-6H,3-4H2,1-2H3. The van der Waals surface area contributed by atoms with Crippen LogP contribution in [0.15, 0.2) is 31.7 Å². The highest BCUT2D eigenvalue weighted by Gasteiger charge is 2.77. The van der Waals surface area contributed by atoms with Crippen LogP contribution in [0.1, 0.15) is 13.8 Å². The fraction of sp³-hybridized carbons (Fsp3) is 0.400. The van der Waals surface area contributed by atoms with Crippen LogP contribution in [0, 0.1) is 0 Å². The van der Waals surface area contributed by atoms with E-state index in [1.54, 1.807) is 0 Å². The average Bonchev–Trinajstić information content (AvgIpc) is 2.24. The summed E-state index contributed by atoms with van der Waals surface area (Å²) in [6, 6.07) is 0.735. The molecule has 0 fully saturated rings. The molecule has 1 aromatic rings. The van der Waals surface area contributed by atoms with Crippen LogP contribution >= 0.6 is 44.0 Å². The molecule has 0 radical (unpaired) electrons. The topological polar surface area (TPSA) is 0 Å². The molecule has 0 nitrogen and oxygen atoms in total. The molecular formula is C10H12F10S4. The summed E-state index contributed by atoms with van der Waals surface area (Å²) >= 11 is -0.0277. The number of hydrogen-bond donors (Lipinski definition) is 0. The van der Waals surface area contributed by atoms with Crippen LogP contribution < -0.4 is 0 Å². The SMILES string of the molecule is CCSc1ccc(SCC)c(S(F)(F)(F)(F)F)c1S(F)(F)(F)(F)F. The Balaban J connectivity index is 4.22. The van der Waals surface area contributed by atoms with Gasteiger partial charge in [0.2, 0.25) is 0 Å². The van der Waals surface area contributed by atoms with E-state index in [1.165, 1.54) is 13.8 Å². The lowest BCUT2D eigenvalue weighted by molar-refractivity contribution is 0.329. The molecular weight excluding hydrogens is 438 g/mol. The number of rotatable bonds is 6. The Morgan fingerprint density at radius 1 is 0.625 bits per heavy atom. The molecule has 0 spiro atoms. The van der Waals surface area contributed by atoms with E-state index in [4.69, 9.17) is 0 Å². The Kier molecular flexibility index (Phi) is 4.39. The molecule has 146 valence electrons. The first kappa shape index (κ1) is 22.0. The quantitative estimate of drug-likeness (QED) is 0.313. The second kappa shape index (κ2) is 4.80. The van der Waals surface area contributed by atoms with Crippen molar-refractivity contribution in [1.82, 2.24) is 0 Å². The van der Waals surface area contributed by atoms with Crippen molar-refractivity contribution in [2.45, 2.75) is 33.4 Å². The summed E-state index contributed by atoms with van der Waals surface area (Å²) in [4.78, 5) is -10.2. The van der Waals surface area contributed by atoms with Gasteiger partial charge in [0.15, 0.2) is 0 Å². The summed E-state index contributed by atoms with van der Waals surface area (Å²) in [5.74, 6) is -0.637. The van der Waals surface area contributed by atoms with Crippen molar-refractivity contribution in [1.29, 1.82) is 0 Å². The van der Waals surface area contributed by atoms with Crippen LogP contribution in [0.3, 0.4) is 0 Å². The van der Waals surface area contributed by atoms with Gasteiger partial charge in [-0.05, 0) is 23.6 Å². The monoisotopic (exact) mass is 450 g/mol. The second-order valence-electron chi connectivity index (χ2n) is 4.52. The summed E-state index contributed by atoms with van der Waals surface area (Å²) in [6.45, 7) is 2.38. The van der Waals surface area contributed by atoms with E-state index >= 15 is 0 Å². The molecule has 0 saturated carbocycles. The number of thioether (sulfide) groups is 2. The van der Waals surface area contributed by atoms with E-state index in [0.29, 0.717) is 12.1 Å². The first-order valence-corrected chi connectivity index (χ1v) is 11.9. The van der Waals surface area contributed by atoms with Gasteiger partial charge in [0.1, 0.15) is 9.79 Å². The van der Waals surface area contributed by atoms with Gasteiger partial charge in [0, 0.05) is 9.79 Å². The first-order chi connectivity index (χ1) is 10.1. The molecule has 0 amide bonds. The lowest BCUT2D eigenvalue weighted by Gasteiger charge is -2.49. The van der Waals surface area contributed by atoms with Gasteiger partial charge < -0.3 is 0 Å². The third kappa shape index (κ3) is 5.21. The molecule has 14 heteroatoms. The summed E-state index contributed by atoms with van der Waals surface area (Å²) in [7, 11) is -22.1. The molecule has 1 aromatic carbocycles. The van der Waals surface area contributed by atoms with Gasteiger partial charge in [-0.3, -0.25) is 0 Å². The Morgan fingerprint density at radius 2 is 0.875 bits per heavy atom. The molecule has 0 N–H and O–H groups in total. The van der Waals surface area contributed by atoms with Gasteiger partial charge in [-0.25, -0.2) is 0 Å². The molecule has 0 aromatic heterocycles. The number of benzene rings is 1. The van der Waals surface area contributed by atoms with Crippen LogP contribution in [0.25, 0.3) is 0 Å². The predicted octanol–water partition coefficient (Wildman–Crippen LogP) is 9.23. The van der Waals surface area contributed by atoms with Crippen molar-refractivity contribution in [2.75, 3.05) is 11.5 Å². The molecule has 0 unspecified atom stereocenters. The van der Waals surface area contributed by atoms with Crippen LogP contribution in [0.2, 0.25) is 0 Å². The van der Waals surface area contributed by atoms with Crippen molar-refractivity contribution >= 4 is 44.0 Å². The maximum absolute atomic E-state index is 13.2. The first-order valence-electron chi connectivity index (χ1n) is 6.01. The Bertz CT molecular complexity index is 600. The van der Waals surface area contributed by atoms with E-state index in [1.807, 2.05) is 0 Å². The fourth-order valence-electron chi connectivity index (χ4n) is 1.80. The minimum absolute atomic E-state index is 0.0139. The Labute approximate surface area is 140 Å². The smallest absolute Gasteiger partial charge is 0.125 e. The van der Waals surface area contributed by atoms with Gasteiger partial charge in [0.05, 0.1) is 0 Å². The van der Waals surface area contributed by atoms with Crippen molar-refractivity contribution in [3.05, 3.63) is 12.1 Å². The van der Waals surface area contributed by atoms with Crippen molar-refractivity contribution in [3.8, 4) is 0 Å². The summed E-state index contributed by atoms with van der Waals surface area (Å²) in [5, 5.41) is 0. The lowest BCUT2D eigenvalue weighted by Crippen LogP contribution is -2.18. The van der Waals surface area contributed by atoms with E-state index in [2.05, 4.69) is 0 Å². The average molecular weight is 450 g/mol. The van der Waals surface area contributed by atoms with E-state index < -0.39 is 40.0 Å². The molecule has 24 heavy (non-hydrogen) atoms. The summed E-state index contributed by atoms with van der Waals surface area (Å²) < 4.78 is 132. The van der Waals surface area contributed by atoms with Crippen LogP contribution in [0.4, 0.5) is 38.9 Å². The minimum atomic E-state index is -11.1. The van der Waals surface area contributed by atoms with Crippen molar-refractivity contribution in [3.63, 3.8) is 0 Å². The highest BCUT2D eigenvalue weighted by atomic mass is 32.5. The largest absolute Gasteiger partial charge is 0.312 e. The maximum Gasteiger partial charge on any atom is 0.312 e. The maximum atomic E-state index is 13.2. The van der Waals surface area contributed by atoms with Gasteiger partial charge in [-0.1, -0.05) is 52.7 Å². The molecule has 0 atom stereocenters. The third-order valence-corrected chi connectivity index (χ3v) is 7.07.